The van der Waals surface area contributed by atoms with Gasteiger partial charge in [-0.3, -0.25) is 9.88 Å². The summed E-state index contributed by atoms with van der Waals surface area (Å²) < 4.78 is 20.0. The molecule has 2 N–H and O–H groups in total. The van der Waals surface area contributed by atoms with Gasteiger partial charge in [0.2, 0.25) is 0 Å². The van der Waals surface area contributed by atoms with Crippen molar-refractivity contribution in [3.63, 3.8) is 0 Å². The van der Waals surface area contributed by atoms with Crippen LogP contribution in [0.15, 0.2) is 36.5 Å². The van der Waals surface area contributed by atoms with E-state index in [1.165, 1.54) is 6.07 Å². The highest BCUT2D eigenvalue weighted by Gasteiger charge is 2.20. The number of nitrogens with zero attached hydrogens (tertiary/aromatic N) is 2. The minimum Gasteiger partial charge on any atom is -0.378 e. The summed E-state index contributed by atoms with van der Waals surface area (Å²) in [5.41, 5.74) is 2.54. The second kappa shape index (κ2) is 10.3. The molecule has 1 aromatic carbocycles. The predicted molar refractivity (Wildman–Crippen MR) is 113 cm³/mol. The number of halogens is 1. The Bertz CT molecular complexity index is 805. The van der Waals surface area contributed by atoms with Crippen molar-refractivity contribution in [1.82, 2.24) is 9.88 Å². The third-order valence-corrected chi connectivity index (χ3v) is 4.95. The molecule has 1 aliphatic heterocycles. The first-order valence-corrected chi connectivity index (χ1v) is 10.2. The van der Waals surface area contributed by atoms with Crippen molar-refractivity contribution >= 4 is 17.4 Å². The van der Waals surface area contributed by atoms with Crippen molar-refractivity contribution < 1.29 is 13.9 Å². The highest BCUT2D eigenvalue weighted by Crippen LogP contribution is 2.21. The number of piperidine rings is 1. The van der Waals surface area contributed by atoms with Gasteiger partial charge in [0.1, 0.15) is 5.82 Å². The summed E-state index contributed by atoms with van der Waals surface area (Å²) >= 11 is 0. The summed E-state index contributed by atoms with van der Waals surface area (Å²) in [5.74, 6) is -0.461. The second-order valence-corrected chi connectivity index (χ2v) is 7.43. The number of ether oxygens (including phenoxy) is 1. The van der Waals surface area contributed by atoms with Gasteiger partial charge < -0.3 is 15.4 Å². The van der Waals surface area contributed by atoms with Gasteiger partial charge in [-0.2, -0.15) is 0 Å². The van der Waals surface area contributed by atoms with E-state index in [-0.39, 0.29) is 5.69 Å². The number of amides is 2. The summed E-state index contributed by atoms with van der Waals surface area (Å²) in [6.07, 6.45) is 4.98. The third kappa shape index (κ3) is 6.51. The molecule has 1 fully saturated rings. The van der Waals surface area contributed by atoms with Crippen molar-refractivity contribution in [2.24, 2.45) is 0 Å². The molecule has 0 atom stereocenters. The molecule has 1 saturated heterocycles. The van der Waals surface area contributed by atoms with Crippen LogP contribution >= 0.6 is 0 Å². The first-order valence-electron chi connectivity index (χ1n) is 10.2. The largest absolute Gasteiger partial charge is 0.378 e. The highest BCUT2D eigenvalue weighted by atomic mass is 19.1. The first-order chi connectivity index (χ1) is 14.0. The first kappa shape index (κ1) is 21.2. The fourth-order valence-electron chi connectivity index (χ4n) is 3.37. The van der Waals surface area contributed by atoms with E-state index in [0.29, 0.717) is 11.8 Å². The molecule has 0 radical (unpaired) electrons. The summed E-state index contributed by atoms with van der Waals surface area (Å²) in [6.45, 7) is 7.43. The van der Waals surface area contributed by atoms with Crippen molar-refractivity contribution in [3.8, 4) is 0 Å². The van der Waals surface area contributed by atoms with Gasteiger partial charge in [-0.25, -0.2) is 9.18 Å². The van der Waals surface area contributed by atoms with Crippen molar-refractivity contribution in [1.29, 1.82) is 0 Å². The highest BCUT2D eigenvalue weighted by molar-refractivity contribution is 5.99. The van der Waals surface area contributed by atoms with Crippen LogP contribution in [-0.2, 0) is 11.3 Å². The van der Waals surface area contributed by atoms with Crippen LogP contribution in [0.3, 0.4) is 0 Å². The molecule has 0 saturated carbocycles. The zero-order valence-corrected chi connectivity index (χ0v) is 17.1. The fraction of sp³-hybridized carbons (Fsp3) is 0.455. The topological polar surface area (TPSA) is 66.5 Å². The Balaban J connectivity index is 1.54. The maximum atomic E-state index is 14.2. The predicted octanol–water partition coefficient (Wildman–Crippen LogP) is 4.56. The van der Waals surface area contributed by atoms with E-state index in [1.54, 1.807) is 30.5 Å². The van der Waals surface area contributed by atoms with Crippen LogP contribution in [0.1, 0.15) is 37.4 Å². The van der Waals surface area contributed by atoms with Crippen LogP contribution in [0.2, 0.25) is 0 Å². The Morgan fingerprint density at radius 3 is 2.72 bits per heavy atom. The van der Waals surface area contributed by atoms with E-state index >= 15 is 0 Å². The average molecular weight is 400 g/mol. The molecule has 0 aliphatic carbocycles. The second-order valence-electron chi connectivity index (χ2n) is 7.43. The maximum absolute atomic E-state index is 14.2. The normalized spacial score (nSPS) is 15.3. The molecule has 7 heteroatoms. The monoisotopic (exact) mass is 400 g/mol. The molecule has 156 valence electrons. The SMILES string of the molecule is CCCOC1CCN(Cc2ccc(F)c(NC(=O)Nc3ccc(C)nc3)c2)CC1. The molecule has 2 heterocycles. The minimum atomic E-state index is -0.499. The number of carbonyl (C=O) groups is 1. The number of carbonyl (C=O) groups excluding carboxylic acids is 1. The molecule has 29 heavy (non-hydrogen) atoms. The van der Waals surface area contributed by atoms with Crippen LogP contribution in [0, 0.1) is 12.7 Å². The van der Waals surface area contributed by atoms with Gasteiger partial charge >= 0.3 is 6.03 Å². The number of anilines is 2. The molecule has 1 aromatic heterocycles. The summed E-state index contributed by atoms with van der Waals surface area (Å²) in [5, 5.41) is 5.25. The summed E-state index contributed by atoms with van der Waals surface area (Å²) in [7, 11) is 0. The Labute approximate surface area is 171 Å². The van der Waals surface area contributed by atoms with Crippen LogP contribution in [0.4, 0.5) is 20.6 Å². The Hall–Kier alpha value is -2.51. The zero-order valence-electron chi connectivity index (χ0n) is 17.1. The van der Waals surface area contributed by atoms with Crippen LogP contribution < -0.4 is 10.6 Å². The number of hydrogen-bond donors (Lipinski definition) is 2. The molecule has 2 aromatic rings. The number of pyridine rings is 1. The Morgan fingerprint density at radius 2 is 2.03 bits per heavy atom. The van der Waals surface area contributed by atoms with Gasteiger partial charge in [-0.1, -0.05) is 13.0 Å². The lowest BCUT2D eigenvalue weighted by molar-refractivity contribution is 0.00626. The van der Waals surface area contributed by atoms with E-state index in [9.17, 15) is 9.18 Å². The van der Waals surface area contributed by atoms with Gasteiger partial charge in [0.25, 0.3) is 0 Å². The smallest absolute Gasteiger partial charge is 0.323 e. The number of nitrogens with one attached hydrogen (secondary N) is 2. The number of hydrogen-bond acceptors (Lipinski definition) is 4. The van der Waals surface area contributed by atoms with E-state index < -0.39 is 11.8 Å². The van der Waals surface area contributed by atoms with Gasteiger partial charge in [0.15, 0.2) is 0 Å². The van der Waals surface area contributed by atoms with Crippen molar-refractivity contribution in [2.45, 2.75) is 45.8 Å². The molecular formula is C22H29FN4O2. The van der Waals surface area contributed by atoms with E-state index in [0.717, 1.165) is 56.8 Å². The number of benzene rings is 1. The van der Waals surface area contributed by atoms with Gasteiger partial charge in [0, 0.05) is 31.9 Å². The minimum absolute atomic E-state index is 0.168. The van der Waals surface area contributed by atoms with Crippen molar-refractivity contribution in [2.75, 3.05) is 30.3 Å². The lowest BCUT2D eigenvalue weighted by Gasteiger charge is -2.32. The molecule has 3 rings (SSSR count). The van der Waals surface area contributed by atoms with E-state index in [4.69, 9.17) is 4.74 Å². The third-order valence-electron chi connectivity index (χ3n) is 4.95. The number of urea groups is 1. The van der Waals surface area contributed by atoms with E-state index in [1.807, 2.05) is 6.92 Å². The van der Waals surface area contributed by atoms with Crippen LogP contribution in [0.5, 0.6) is 0 Å². The number of rotatable bonds is 7. The molecular weight excluding hydrogens is 371 g/mol. The van der Waals surface area contributed by atoms with Gasteiger partial charge in [-0.15, -0.1) is 0 Å². The molecule has 0 bridgehead atoms. The van der Waals surface area contributed by atoms with Gasteiger partial charge in [0.05, 0.1) is 23.7 Å². The fourth-order valence-corrected chi connectivity index (χ4v) is 3.37. The quantitative estimate of drug-likeness (QED) is 0.715. The number of aromatic nitrogens is 1. The average Bonchev–Trinajstić information content (AvgIpc) is 2.72. The van der Waals surface area contributed by atoms with Crippen LogP contribution in [0.25, 0.3) is 0 Å². The molecule has 1 aliphatic rings. The molecule has 6 nitrogen and oxygen atoms in total. The molecule has 0 spiro atoms. The summed E-state index contributed by atoms with van der Waals surface area (Å²) in [4.78, 5) is 18.7. The number of aryl methyl sites for hydroxylation is 1. The standard InChI is InChI=1S/C22H29FN4O2/c1-3-12-29-19-8-10-27(11-9-19)15-17-5-7-20(23)21(13-17)26-22(28)25-18-6-4-16(2)24-14-18/h4-7,13-14,19H,3,8-12,15H2,1-2H3,(H2,25,26,28). The Morgan fingerprint density at radius 1 is 1.24 bits per heavy atom. The lowest BCUT2D eigenvalue weighted by atomic mass is 10.1. The molecule has 2 amide bonds. The summed E-state index contributed by atoms with van der Waals surface area (Å²) in [6, 6.07) is 7.91. The van der Waals surface area contributed by atoms with E-state index in [2.05, 4.69) is 27.4 Å². The molecule has 0 unspecified atom stereocenters. The zero-order chi connectivity index (χ0) is 20.6. The Kier molecular flexibility index (Phi) is 7.55. The van der Waals surface area contributed by atoms with Crippen LogP contribution in [-0.4, -0.2) is 41.7 Å². The van der Waals surface area contributed by atoms with Crippen molar-refractivity contribution in [3.05, 3.63) is 53.6 Å². The van der Waals surface area contributed by atoms with Gasteiger partial charge in [-0.05, 0) is 56.0 Å². The lowest BCUT2D eigenvalue weighted by Crippen LogP contribution is -2.36. The number of likely N-dealkylation sites (tertiary alicyclic amines) is 1. The maximum Gasteiger partial charge on any atom is 0.323 e.